The number of hydrogen-bond donors (Lipinski definition) is 1. The minimum absolute atomic E-state index is 0.0144. The number of primary sulfonamides is 1. The zero-order chi connectivity index (χ0) is 22.2. The number of benzene rings is 2. The van der Waals surface area contributed by atoms with Crippen molar-refractivity contribution >= 4 is 27.5 Å². The van der Waals surface area contributed by atoms with Crippen molar-refractivity contribution in [3.05, 3.63) is 76.1 Å². The van der Waals surface area contributed by atoms with Gasteiger partial charge in [0.25, 0.3) is 5.91 Å². The second-order valence-electron chi connectivity index (χ2n) is 7.15. The first-order chi connectivity index (χ1) is 14.0. The van der Waals surface area contributed by atoms with Crippen LogP contribution < -0.4 is 5.14 Å². The summed E-state index contributed by atoms with van der Waals surface area (Å²) in [6, 6.07) is 13.0. The van der Waals surface area contributed by atoms with E-state index in [1.807, 2.05) is 32.9 Å². The van der Waals surface area contributed by atoms with Gasteiger partial charge in [0, 0.05) is 12.6 Å². The molecule has 1 atom stereocenters. The third kappa shape index (κ3) is 4.26. The highest BCUT2D eigenvalue weighted by molar-refractivity contribution is 7.89. The Bertz CT molecular complexity index is 1200. The molecule has 0 saturated heterocycles. The van der Waals surface area contributed by atoms with Crippen LogP contribution in [0.25, 0.3) is 5.69 Å². The van der Waals surface area contributed by atoms with Crippen molar-refractivity contribution in [1.29, 1.82) is 0 Å². The molecule has 0 fully saturated rings. The number of halogens is 1. The van der Waals surface area contributed by atoms with E-state index in [0.29, 0.717) is 16.1 Å². The van der Waals surface area contributed by atoms with E-state index in [1.165, 1.54) is 12.1 Å². The minimum atomic E-state index is -3.81. The summed E-state index contributed by atoms with van der Waals surface area (Å²) in [6.45, 7) is 5.55. The molecule has 0 aliphatic rings. The van der Waals surface area contributed by atoms with Crippen LogP contribution in [0.1, 0.15) is 40.3 Å². The van der Waals surface area contributed by atoms with Crippen LogP contribution >= 0.6 is 11.6 Å². The molecular weight excluding hydrogens is 424 g/mol. The number of rotatable bonds is 5. The van der Waals surface area contributed by atoms with E-state index in [1.54, 1.807) is 40.9 Å². The molecule has 0 aliphatic heterocycles. The Morgan fingerprint density at radius 1 is 1.17 bits per heavy atom. The van der Waals surface area contributed by atoms with Crippen molar-refractivity contribution in [2.24, 2.45) is 5.14 Å². The highest BCUT2D eigenvalue weighted by Crippen LogP contribution is 2.25. The van der Waals surface area contributed by atoms with Crippen LogP contribution in [0.5, 0.6) is 0 Å². The Morgan fingerprint density at radius 2 is 1.80 bits per heavy atom. The monoisotopic (exact) mass is 446 g/mol. The second-order valence-corrected chi connectivity index (χ2v) is 9.09. The summed E-state index contributed by atoms with van der Waals surface area (Å²) in [5.41, 5.74) is 3.54. The van der Waals surface area contributed by atoms with Gasteiger partial charge in [-0.2, -0.15) is 5.10 Å². The molecule has 1 amide bonds. The van der Waals surface area contributed by atoms with E-state index in [-0.39, 0.29) is 16.8 Å². The molecule has 0 aliphatic carbocycles. The highest BCUT2D eigenvalue weighted by Gasteiger charge is 2.21. The van der Waals surface area contributed by atoms with Gasteiger partial charge in [0.2, 0.25) is 10.0 Å². The van der Waals surface area contributed by atoms with E-state index in [2.05, 4.69) is 5.10 Å². The molecule has 7 nitrogen and oxygen atoms in total. The summed E-state index contributed by atoms with van der Waals surface area (Å²) in [5, 5.41) is 10.2. The topological polar surface area (TPSA) is 98.3 Å². The molecule has 0 spiro atoms. The molecule has 9 heteroatoms. The molecule has 3 aromatic rings. The average molecular weight is 447 g/mol. The van der Waals surface area contributed by atoms with Crippen LogP contribution in [0, 0.1) is 13.8 Å². The number of amides is 1. The molecule has 158 valence electrons. The lowest BCUT2D eigenvalue weighted by Crippen LogP contribution is -2.29. The predicted molar refractivity (Wildman–Crippen MR) is 116 cm³/mol. The third-order valence-electron chi connectivity index (χ3n) is 5.13. The van der Waals surface area contributed by atoms with E-state index < -0.39 is 10.0 Å². The van der Waals surface area contributed by atoms with Crippen molar-refractivity contribution in [1.82, 2.24) is 14.7 Å². The van der Waals surface area contributed by atoms with Crippen molar-refractivity contribution in [3.8, 4) is 5.69 Å². The van der Waals surface area contributed by atoms with E-state index in [4.69, 9.17) is 16.7 Å². The molecule has 3 rings (SSSR count). The van der Waals surface area contributed by atoms with Crippen LogP contribution in [0.3, 0.4) is 0 Å². The van der Waals surface area contributed by atoms with Gasteiger partial charge in [-0.1, -0.05) is 23.7 Å². The van der Waals surface area contributed by atoms with Gasteiger partial charge in [-0.15, -0.1) is 0 Å². The van der Waals surface area contributed by atoms with Gasteiger partial charge in [0.05, 0.1) is 33.0 Å². The van der Waals surface area contributed by atoms with Gasteiger partial charge in [-0.25, -0.2) is 18.2 Å². The van der Waals surface area contributed by atoms with Crippen LogP contribution in [0.4, 0.5) is 0 Å². The third-order valence-corrected chi connectivity index (χ3v) is 6.59. The Morgan fingerprint density at radius 3 is 2.33 bits per heavy atom. The van der Waals surface area contributed by atoms with Gasteiger partial charge < -0.3 is 4.90 Å². The minimum Gasteiger partial charge on any atom is -0.335 e. The van der Waals surface area contributed by atoms with Crippen LogP contribution in [-0.2, 0) is 10.0 Å². The standard InChI is InChI=1S/C21H23ClN4O3S/c1-13-20(22)15(3)26(24-13)18-10-8-16(9-11-18)21(27)25(4)14(2)17-6-5-7-19(12-17)30(23,28)29/h5-12,14H,1-4H3,(H2,23,28,29). The maximum atomic E-state index is 13.0. The van der Waals surface area contributed by atoms with Crippen LogP contribution in [0.15, 0.2) is 53.4 Å². The largest absolute Gasteiger partial charge is 0.335 e. The van der Waals surface area contributed by atoms with Gasteiger partial charge in [-0.3, -0.25) is 4.79 Å². The van der Waals surface area contributed by atoms with Crippen LogP contribution in [0.2, 0.25) is 5.02 Å². The number of nitrogens with zero attached hydrogens (tertiary/aromatic N) is 3. The molecular formula is C21H23ClN4O3S. The first-order valence-electron chi connectivity index (χ1n) is 9.22. The molecule has 2 N–H and O–H groups in total. The maximum absolute atomic E-state index is 13.0. The Balaban J connectivity index is 1.83. The van der Waals surface area contributed by atoms with E-state index in [0.717, 1.165) is 17.1 Å². The fourth-order valence-corrected chi connectivity index (χ4v) is 3.86. The molecule has 1 aromatic heterocycles. The van der Waals surface area contributed by atoms with E-state index in [9.17, 15) is 13.2 Å². The maximum Gasteiger partial charge on any atom is 0.254 e. The Kier molecular flexibility index (Phi) is 6.03. The van der Waals surface area contributed by atoms with Crippen molar-refractivity contribution in [2.75, 3.05) is 7.05 Å². The number of aryl methyl sites for hydroxylation is 1. The summed E-state index contributed by atoms with van der Waals surface area (Å²) >= 11 is 6.21. The first-order valence-corrected chi connectivity index (χ1v) is 11.1. The lowest BCUT2D eigenvalue weighted by molar-refractivity contribution is 0.0742. The van der Waals surface area contributed by atoms with Crippen LogP contribution in [-0.4, -0.2) is 36.1 Å². The molecule has 0 radical (unpaired) electrons. The lowest BCUT2D eigenvalue weighted by Gasteiger charge is -2.26. The number of carbonyl (C=O) groups is 1. The summed E-state index contributed by atoms with van der Waals surface area (Å²) in [4.78, 5) is 14.5. The Labute approximate surface area is 181 Å². The van der Waals surface area contributed by atoms with Crippen molar-refractivity contribution < 1.29 is 13.2 Å². The summed E-state index contributed by atoms with van der Waals surface area (Å²) < 4.78 is 25.0. The quantitative estimate of drug-likeness (QED) is 0.647. The number of aromatic nitrogens is 2. The predicted octanol–water partition coefficient (Wildman–Crippen LogP) is 3.62. The number of nitrogens with two attached hydrogens (primary N) is 1. The van der Waals surface area contributed by atoms with Gasteiger partial charge in [-0.05, 0) is 62.7 Å². The number of carbonyl (C=O) groups excluding carboxylic acids is 1. The molecule has 0 bridgehead atoms. The smallest absolute Gasteiger partial charge is 0.254 e. The Hall–Kier alpha value is -2.68. The number of hydrogen-bond acceptors (Lipinski definition) is 4. The SMILES string of the molecule is Cc1nn(-c2ccc(C(=O)N(C)C(C)c3cccc(S(N)(=O)=O)c3)cc2)c(C)c1Cl. The zero-order valence-electron chi connectivity index (χ0n) is 17.1. The lowest BCUT2D eigenvalue weighted by atomic mass is 10.1. The fraction of sp³-hybridized carbons (Fsp3) is 0.238. The normalized spacial score (nSPS) is 12.6. The first kappa shape index (κ1) is 22.0. The summed E-state index contributed by atoms with van der Waals surface area (Å²) in [5.74, 6) is -0.193. The highest BCUT2D eigenvalue weighted by atomic mass is 35.5. The number of sulfonamides is 1. The van der Waals surface area contributed by atoms with Crippen molar-refractivity contribution in [3.63, 3.8) is 0 Å². The second kappa shape index (κ2) is 8.22. The van der Waals surface area contributed by atoms with Gasteiger partial charge in [0.15, 0.2) is 0 Å². The molecule has 2 aromatic carbocycles. The zero-order valence-corrected chi connectivity index (χ0v) is 18.7. The molecule has 1 heterocycles. The molecule has 1 unspecified atom stereocenters. The molecule has 30 heavy (non-hydrogen) atoms. The fourth-order valence-electron chi connectivity index (χ4n) is 3.17. The summed E-state index contributed by atoms with van der Waals surface area (Å²) in [7, 11) is -2.14. The molecule has 0 saturated carbocycles. The van der Waals surface area contributed by atoms with Gasteiger partial charge in [0.1, 0.15) is 0 Å². The van der Waals surface area contributed by atoms with Crippen molar-refractivity contribution in [2.45, 2.75) is 31.7 Å². The van der Waals surface area contributed by atoms with E-state index >= 15 is 0 Å². The average Bonchev–Trinajstić information content (AvgIpc) is 2.99. The van der Waals surface area contributed by atoms with Gasteiger partial charge >= 0.3 is 0 Å². The summed E-state index contributed by atoms with van der Waals surface area (Å²) in [6.07, 6.45) is 0.